The summed E-state index contributed by atoms with van der Waals surface area (Å²) in [6.07, 6.45) is 2.94. The first-order valence-electron chi connectivity index (χ1n) is 5.20. The Bertz CT molecular complexity index is 343. The van der Waals surface area contributed by atoms with E-state index in [0.29, 0.717) is 5.41 Å². The smallest absolute Gasteiger partial charge is 0.0960 e. The van der Waals surface area contributed by atoms with Gasteiger partial charge in [0, 0.05) is 16.8 Å². The molecule has 3 rings (SSSR count). The van der Waals surface area contributed by atoms with E-state index in [1.165, 1.54) is 18.4 Å². The summed E-state index contributed by atoms with van der Waals surface area (Å²) in [5, 5.41) is 5.41. The Hall–Kier alpha value is -0.380. The molecular formula is C11H15NOS. The lowest BCUT2D eigenvalue weighted by molar-refractivity contribution is 0.0248. The molecule has 1 aromatic heterocycles. The highest BCUT2D eigenvalue weighted by Gasteiger charge is 2.50. The van der Waals surface area contributed by atoms with Gasteiger partial charge in [0.25, 0.3) is 0 Å². The summed E-state index contributed by atoms with van der Waals surface area (Å²) in [6.45, 7) is 1.87. The molecule has 0 saturated heterocycles. The van der Waals surface area contributed by atoms with Crippen LogP contribution in [-0.2, 0) is 10.2 Å². The lowest BCUT2D eigenvalue weighted by Gasteiger charge is -2.29. The zero-order valence-corrected chi connectivity index (χ0v) is 9.19. The molecule has 1 atom stereocenters. The van der Waals surface area contributed by atoms with Crippen molar-refractivity contribution in [2.45, 2.75) is 24.4 Å². The van der Waals surface area contributed by atoms with Crippen LogP contribution in [0.1, 0.15) is 29.4 Å². The van der Waals surface area contributed by atoms with Crippen LogP contribution in [0.25, 0.3) is 0 Å². The molecule has 1 fully saturated rings. The van der Waals surface area contributed by atoms with Gasteiger partial charge in [0.05, 0.1) is 12.7 Å². The Morgan fingerprint density at radius 2 is 2.50 bits per heavy atom. The second-order valence-corrected chi connectivity index (χ2v) is 5.26. The highest BCUT2D eigenvalue weighted by atomic mass is 32.1. The molecular weight excluding hydrogens is 194 g/mol. The van der Waals surface area contributed by atoms with Gasteiger partial charge in [-0.15, -0.1) is 11.3 Å². The third kappa shape index (κ3) is 1.16. The van der Waals surface area contributed by atoms with Crippen molar-refractivity contribution < 1.29 is 4.74 Å². The topological polar surface area (TPSA) is 21.3 Å². The number of hydrogen-bond donors (Lipinski definition) is 1. The molecule has 1 aliphatic carbocycles. The van der Waals surface area contributed by atoms with Gasteiger partial charge in [-0.3, -0.25) is 0 Å². The van der Waals surface area contributed by atoms with Crippen molar-refractivity contribution in [2.75, 3.05) is 20.2 Å². The van der Waals surface area contributed by atoms with Gasteiger partial charge < -0.3 is 10.1 Å². The van der Waals surface area contributed by atoms with Gasteiger partial charge in [-0.2, -0.15) is 0 Å². The number of hydrogen-bond acceptors (Lipinski definition) is 3. The molecule has 1 aliphatic heterocycles. The maximum atomic E-state index is 5.93. The van der Waals surface area contributed by atoms with Crippen molar-refractivity contribution in [3.05, 3.63) is 21.9 Å². The predicted octanol–water partition coefficient (Wildman–Crippen LogP) is 2.07. The Morgan fingerprint density at radius 3 is 3.21 bits per heavy atom. The molecule has 1 N–H and O–H groups in total. The monoisotopic (exact) mass is 209 g/mol. The minimum absolute atomic E-state index is 0.285. The minimum atomic E-state index is 0.285. The van der Waals surface area contributed by atoms with E-state index in [2.05, 4.69) is 16.8 Å². The SMILES string of the molecule is CNCC1OCC2(CC2)c2sccc21. The molecule has 3 heteroatoms. The van der Waals surface area contributed by atoms with Gasteiger partial charge in [0.1, 0.15) is 0 Å². The molecule has 0 amide bonds. The average Bonchev–Trinajstić information content (AvgIpc) is 2.78. The van der Waals surface area contributed by atoms with Gasteiger partial charge in [-0.25, -0.2) is 0 Å². The molecule has 2 aliphatic rings. The number of rotatable bonds is 2. The number of nitrogens with one attached hydrogen (secondary N) is 1. The van der Waals surface area contributed by atoms with Crippen molar-refractivity contribution in [3.8, 4) is 0 Å². The lowest BCUT2D eigenvalue weighted by Crippen LogP contribution is -2.29. The molecule has 1 saturated carbocycles. The van der Waals surface area contributed by atoms with Crippen molar-refractivity contribution in [1.82, 2.24) is 5.32 Å². The molecule has 1 aromatic rings. The van der Waals surface area contributed by atoms with E-state index in [-0.39, 0.29) is 6.10 Å². The molecule has 0 aromatic carbocycles. The second-order valence-electron chi connectivity index (χ2n) is 4.34. The van der Waals surface area contributed by atoms with Gasteiger partial charge in [0.15, 0.2) is 0 Å². The van der Waals surface area contributed by atoms with E-state index in [1.807, 2.05) is 18.4 Å². The molecule has 0 radical (unpaired) electrons. The first-order chi connectivity index (χ1) is 6.86. The lowest BCUT2D eigenvalue weighted by atomic mass is 9.96. The minimum Gasteiger partial charge on any atom is -0.371 e. The molecule has 2 heterocycles. The zero-order chi connectivity index (χ0) is 9.60. The second kappa shape index (κ2) is 3.05. The van der Waals surface area contributed by atoms with Crippen LogP contribution in [0.5, 0.6) is 0 Å². The summed E-state index contributed by atoms with van der Waals surface area (Å²) in [5.74, 6) is 0. The Morgan fingerprint density at radius 1 is 1.64 bits per heavy atom. The first kappa shape index (κ1) is 8.89. The first-order valence-corrected chi connectivity index (χ1v) is 6.08. The van der Waals surface area contributed by atoms with Crippen LogP contribution in [0.3, 0.4) is 0 Å². The van der Waals surface area contributed by atoms with Crippen LogP contribution in [0.2, 0.25) is 0 Å². The van der Waals surface area contributed by atoms with Gasteiger partial charge >= 0.3 is 0 Å². The molecule has 14 heavy (non-hydrogen) atoms. The quantitative estimate of drug-likeness (QED) is 0.805. The van der Waals surface area contributed by atoms with Crippen molar-refractivity contribution in [3.63, 3.8) is 0 Å². The average molecular weight is 209 g/mol. The standard InChI is InChI=1S/C11H15NOS/c1-12-6-9-8-2-5-14-10(8)11(3-4-11)7-13-9/h2,5,9,12H,3-4,6-7H2,1H3. The number of thiophene rings is 1. The third-order valence-corrected chi connectivity index (χ3v) is 4.50. The van der Waals surface area contributed by atoms with Crippen LogP contribution in [0, 0.1) is 0 Å². The maximum absolute atomic E-state index is 5.93. The van der Waals surface area contributed by atoms with Gasteiger partial charge in [-0.1, -0.05) is 0 Å². The van der Waals surface area contributed by atoms with E-state index < -0.39 is 0 Å². The predicted molar refractivity (Wildman–Crippen MR) is 57.9 cm³/mol. The normalized spacial score (nSPS) is 27.6. The zero-order valence-electron chi connectivity index (χ0n) is 8.38. The van der Waals surface area contributed by atoms with Gasteiger partial charge in [-0.05, 0) is 36.9 Å². The van der Waals surface area contributed by atoms with E-state index in [0.717, 1.165) is 13.2 Å². The highest BCUT2D eigenvalue weighted by molar-refractivity contribution is 7.10. The summed E-state index contributed by atoms with van der Waals surface area (Å²) in [6, 6.07) is 2.24. The molecule has 1 spiro atoms. The van der Waals surface area contributed by atoms with Crippen LogP contribution in [-0.4, -0.2) is 20.2 Å². The molecule has 0 bridgehead atoms. The number of fused-ring (bicyclic) bond motifs is 2. The van der Waals surface area contributed by atoms with E-state index in [4.69, 9.17) is 4.74 Å². The van der Waals surface area contributed by atoms with Crippen LogP contribution >= 0.6 is 11.3 Å². The van der Waals surface area contributed by atoms with Crippen LogP contribution in [0.4, 0.5) is 0 Å². The molecule has 2 nitrogen and oxygen atoms in total. The fraction of sp³-hybridized carbons (Fsp3) is 0.636. The Labute approximate surface area is 88.3 Å². The van der Waals surface area contributed by atoms with Crippen molar-refractivity contribution in [1.29, 1.82) is 0 Å². The van der Waals surface area contributed by atoms with Crippen molar-refractivity contribution in [2.24, 2.45) is 0 Å². The highest BCUT2D eigenvalue weighted by Crippen LogP contribution is 2.55. The van der Waals surface area contributed by atoms with Crippen LogP contribution < -0.4 is 5.32 Å². The molecule has 76 valence electrons. The Balaban J connectivity index is 1.96. The van der Waals surface area contributed by atoms with Crippen molar-refractivity contribution >= 4 is 11.3 Å². The summed E-state index contributed by atoms with van der Waals surface area (Å²) >= 11 is 1.92. The Kier molecular flexibility index (Phi) is 1.94. The van der Waals surface area contributed by atoms with E-state index in [9.17, 15) is 0 Å². The summed E-state index contributed by atoms with van der Waals surface area (Å²) in [5.41, 5.74) is 1.88. The fourth-order valence-corrected chi connectivity index (χ4v) is 3.50. The third-order valence-electron chi connectivity index (χ3n) is 3.33. The van der Waals surface area contributed by atoms with E-state index in [1.54, 1.807) is 4.88 Å². The summed E-state index contributed by atoms with van der Waals surface area (Å²) in [4.78, 5) is 1.60. The van der Waals surface area contributed by atoms with E-state index >= 15 is 0 Å². The summed E-state index contributed by atoms with van der Waals surface area (Å²) in [7, 11) is 1.98. The summed E-state index contributed by atoms with van der Waals surface area (Å²) < 4.78 is 5.93. The van der Waals surface area contributed by atoms with Gasteiger partial charge in [0.2, 0.25) is 0 Å². The number of likely N-dealkylation sites (N-methyl/N-ethyl adjacent to an activating group) is 1. The largest absolute Gasteiger partial charge is 0.371 e. The fourth-order valence-electron chi connectivity index (χ4n) is 2.30. The maximum Gasteiger partial charge on any atom is 0.0960 e. The number of ether oxygens (including phenoxy) is 1. The van der Waals surface area contributed by atoms with Crippen LogP contribution in [0.15, 0.2) is 11.4 Å². The molecule has 1 unspecified atom stereocenters.